The number of aliphatic imine (C=N–C) groups is 1. The van der Waals surface area contributed by atoms with Crippen LogP contribution in [0.1, 0.15) is 11.1 Å². The van der Waals surface area contributed by atoms with Gasteiger partial charge in [-0.05, 0) is 75.1 Å². The molecule has 12 rings (SSSR count). The first-order chi connectivity index (χ1) is 26.3. The Hall–Kier alpha value is -6.14. The van der Waals surface area contributed by atoms with Gasteiger partial charge >= 0.3 is 0 Å². The fraction of sp³-hybridized carbons (Fsp3) is 0.0208. The van der Waals surface area contributed by atoms with E-state index in [0.717, 1.165) is 28.3 Å². The molecular weight excluding hydrogens is 683 g/mol. The summed E-state index contributed by atoms with van der Waals surface area (Å²) in [6.45, 7) is 0. The summed E-state index contributed by atoms with van der Waals surface area (Å²) in [7, 11) is 0. The number of aromatic nitrogens is 1. The Labute approximate surface area is 313 Å². The lowest BCUT2D eigenvalue weighted by Gasteiger charge is -2.26. The van der Waals surface area contributed by atoms with Crippen molar-refractivity contribution in [2.24, 2.45) is 4.99 Å². The Kier molecular flexibility index (Phi) is 6.21. The standard InChI is InChI=1S/C48H29N3S2/c1-3-11-28(12-4-1)31-19-22-38-36(25-31)37-27-35-32(21-24-41-43(35)34-17-9-10-18-40(34)52-41)26-39(37)51(38)48-49-46(30-14-5-2-6-15-30)45-44-33-16-8-7-13-29(33)20-23-42(44)53-47(45)50-48/h1-27,47H,(H,49,50). The van der Waals surface area contributed by atoms with Gasteiger partial charge in [-0.15, -0.1) is 11.3 Å². The number of thioether (sulfide) groups is 1. The molecule has 1 atom stereocenters. The quantitative estimate of drug-likeness (QED) is 0.193. The van der Waals surface area contributed by atoms with Crippen LogP contribution in [-0.4, -0.2) is 15.9 Å². The SMILES string of the molecule is c1ccc(C2=C3c4c(ccc5ccccc45)SC3NC(n3c4ccc(-c5ccccc5)cc4c4cc5c(ccc6sc7ccccc7c65)cc43)=N2)cc1. The lowest BCUT2D eigenvalue weighted by molar-refractivity contribution is 0.936. The van der Waals surface area contributed by atoms with Crippen molar-refractivity contribution in [1.29, 1.82) is 0 Å². The zero-order valence-electron chi connectivity index (χ0n) is 28.4. The molecule has 3 nitrogen and oxygen atoms in total. The summed E-state index contributed by atoms with van der Waals surface area (Å²) in [5, 5.41) is 14.1. The largest absolute Gasteiger partial charge is 0.339 e. The monoisotopic (exact) mass is 711 g/mol. The number of nitrogens with zero attached hydrogens (tertiary/aromatic N) is 2. The fourth-order valence-electron chi connectivity index (χ4n) is 8.63. The van der Waals surface area contributed by atoms with Crippen LogP contribution in [-0.2, 0) is 0 Å². The van der Waals surface area contributed by atoms with Crippen LogP contribution in [0.15, 0.2) is 174 Å². The van der Waals surface area contributed by atoms with Crippen molar-refractivity contribution in [2.75, 3.05) is 0 Å². The molecule has 0 aliphatic carbocycles. The minimum Gasteiger partial charge on any atom is -0.339 e. The molecule has 0 amide bonds. The summed E-state index contributed by atoms with van der Waals surface area (Å²) in [5.74, 6) is 0.844. The molecule has 1 N–H and O–H groups in total. The number of hydrogen-bond donors (Lipinski definition) is 1. The van der Waals surface area contributed by atoms with Gasteiger partial charge in [-0.25, -0.2) is 4.99 Å². The third-order valence-corrected chi connectivity index (χ3v) is 13.3. The van der Waals surface area contributed by atoms with E-state index in [1.165, 1.54) is 79.6 Å². The highest BCUT2D eigenvalue weighted by molar-refractivity contribution is 8.00. The lowest BCUT2D eigenvalue weighted by atomic mass is 9.94. The average Bonchev–Trinajstić information content (AvgIpc) is 3.89. The molecule has 1 unspecified atom stereocenters. The van der Waals surface area contributed by atoms with Gasteiger partial charge in [-0.2, -0.15) is 0 Å². The van der Waals surface area contributed by atoms with Crippen molar-refractivity contribution in [3.8, 4) is 11.1 Å². The Morgan fingerprint density at radius 1 is 0.509 bits per heavy atom. The first-order valence-corrected chi connectivity index (χ1v) is 19.7. The van der Waals surface area contributed by atoms with E-state index >= 15 is 0 Å². The molecule has 0 spiro atoms. The molecule has 0 radical (unpaired) electrons. The Morgan fingerprint density at radius 3 is 2.11 bits per heavy atom. The molecule has 0 fully saturated rings. The third kappa shape index (κ3) is 4.32. The molecule has 0 saturated carbocycles. The zero-order valence-corrected chi connectivity index (χ0v) is 30.0. The second-order valence-corrected chi connectivity index (χ2v) is 16.2. The summed E-state index contributed by atoms with van der Waals surface area (Å²) in [6, 6.07) is 59.8. The first-order valence-electron chi connectivity index (χ1n) is 18.0. The molecule has 0 bridgehead atoms. The number of thiophene rings is 1. The van der Waals surface area contributed by atoms with Gasteiger partial charge in [0, 0.05) is 52.5 Å². The minimum absolute atomic E-state index is 0.00635. The number of nitrogens with one attached hydrogen (secondary N) is 1. The molecule has 4 heterocycles. The maximum absolute atomic E-state index is 5.62. The lowest BCUT2D eigenvalue weighted by Crippen LogP contribution is -2.39. The molecule has 2 aliphatic rings. The summed E-state index contributed by atoms with van der Waals surface area (Å²) in [4.78, 5) is 6.91. The van der Waals surface area contributed by atoms with E-state index in [1.807, 2.05) is 23.1 Å². The second kappa shape index (κ2) is 11.2. The highest BCUT2D eigenvalue weighted by Crippen LogP contribution is 2.52. The molecule has 5 heteroatoms. The number of benzene rings is 8. The van der Waals surface area contributed by atoms with Crippen molar-refractivity contribution in [1.82, 2.24) is 9.88 Å². The molecule has 53 heavy (non-hydrogen) atoms. The van der Waals surface area contributed by atoms with E-state index in [2.05, 4.69) is 174 Å². The van der Waals surface area contributed by atoms with Crippen LogP contribution in [0.5, 0.6) is 0 Å². The van der Waals surface area contributed by atoms with Crippen molar-refractivity contribution in [3.05, 3.63) is 175 Å². The zero-order chi connectivity index (χ0) is 34.6. The maximum Gasteiger partial charge on any atom is 0.209 e. The van der Waals surface area contributed by atoms with Gasteiger partial charge in [0.25, 0.3) is 0 Å². The molecule has 10 aromatic rings. The third-order valence-electron chi connectivity index (χ3n) is 11.0. The van der Waals surface area contributed by atoms with Crippen LogP contribution >= 0.6 is 23.1 Å². The average molecular weight is 712 g/mol. The van der Waals surface area contributed by atoms with E-state index in [1.54, 1.807) is 0 Å². The van der Waals surface area contributed by atoms with Crippen LogP contribution in [0, 0.1) is 0 Å². The van der Waals surface area contributed by atoms with Crippen molar-refractivity contribution in [3.63, 3.8) is 0 Å². The minimum atomic E-state index is 0.00635. The van der Waals surface area contributed by atoms with Crippen LogP contribution in [0.25, 0.3) is 85.9 Å². The summed E-state index contributed by atoms with van der Waals surface area (Å²) in [5.41, 5.74) is 9.38. The molecule has 248 valence electrons. The molecule has 8 aromatic carbocycles. The number of hydrogen-bond acceptors (Lipinski definition) is 4. The van der Waals surface area contributed by atoms with Crippen LogP contribution < -0.4 is 5.32 Å². The van der Waals surface area contributed by atoms with Gasteiger partial charge in [-0.3, -0.25) is 4.57 Å². The van der Waals surface area contributed by atoms with Crippen molar-refractivity contribution >= 4 is 104 Å². The normalized spacial score (nSPS) is 15.5. The topological polar surface area (TPSA) is 29.3 Å². The predicted molar refractivity (Wildman–Crippen MR) is 228 cm³/mol. The van der Waals surface area contributed by atoms with Gasteiger partial charge in [0.05, 0.1) is 16.7 Å². The first kappa shape index (κ1) is 29.4. The summed E-state index contributed by atoms with van der Waals surface area (Å²) < 4.78 is 5.01. The van der Waals surface area contributed by atoms with Crippen LogP contribution in [0.3, 0.4) is 0 Å². The second-order valence-electron chi connectivity index (χ2n) is 13.9. The highest BCUT2D eigenvalue weighted by atomic mass is 32.2. The van der Waals surface area contributed by atoms with Crippen LogP contribution in [0.4, 0.5) is 0 Å². The fourth-order valence-corrected chi connectivity index (χ4v) is 11.0. The number of rotatable bonds is 2. The van der Waals surface area contributed by atoms with E-state index in [9.17, 15) is 0 Å². The highest BCUT2D eigenvalue weighted by Gasteiger charge is 2.37. The van der Waals surface area contributed by atoms with E-state index in [-0.39, 0.29) is 5.37 Å². The van der Waals surface area contributed by atoms with Crippen LogP contribution in [0.2, 0.25) is 0 Å². The molecular formula is C48H29N3S2. The number of fused-ring (bicyclic) bond motifs is 13. The van der Waals surface area contributed by atoms with Crippen molar-refractivity contribution < 1.29 is 0 Å². The Morgan fingerprint density at radius 2 is 1.25 bits per heavy atom. The summed E-state index contributed by atoms with van der Waals surface area (Å²) >= 11 is 3.76. The molecule has 2 aliphatic heterocycles. The van der Waals surface area contributed by atoms with Gasteiger partial charge in [0.2, 0.25) is 5.96 Å². The molecule has 0 saturated heterocycles. The van der Waals surface area contributed by atoms with Gasteiger partial charge in [0.1, 0.15) is 5.37 Å². The smallest absolute Gasteiger partial charge is 0.209 e. The Balaban J connectivity index is 1.17. The summed E-state index contributed by atoms with van der Waals surface area (Å²) in [6.07, 6.45) is 0. The van der Waals surface area contributed by atoms with E-state index in [0.29, 0.717) is 0 Å². The van der Waals surface area contributed by atoms with Gasteiger partial charge < -0.3 is 5.32 Å². The predicted octanol–water partition coefficient (Wildman–Crippen LogP) is 12.9. The van der Waals surface area contributed by atoms with Gasteiger partial charge in [0.15, 0.2) is 0 Å². The van der Waals surface area contributed by atoms with E-state index in [4.69, 9.17) is 4.99 Å². The van der Waals surface area contributed by atoms with E-state index < -0.39 is 0 Å². The Bertz CT molecular complexity index is 3220. The molecule has 2 aromatic heterocycles. The van der Waals surface area contributed by atoms with Gasteiger partial charge in [-0.1, -0.05) is 133 Å². The maximum atomic E-state index is 5.62. The van der Waals surface area contributed by atoms with Crippen molar-refractivity contribution in [2.45, 2.75) is 10.3 Å².